The Morgan fingerprint density at radius 3 is 2.52 bits per heavy atom. The normalized spacial score (nSPS) is 25.0. The van der Waals surface area contributed by atoms with E-state index in [1.807, 2.05) is 7.05 Å². The van der Waals surface area contributed by atoms with Crippen LogP contribution in [0.4, 0.5) is 4.79 Å². The number of carbonyl (C=O) groups is 2. The number of alkyl carbamates (subject to hydrolysis) is 1. The van der Waals surface area contributed by atoms with Crippen LogP contribution < -0.4 is 5.32 Å². The van der Waals surface area contributed by atoms with Crippen LogP contribution >= 0.6 is 0 Å². The van der Waals surface area contributed by atoms with Gasteiger partial charge >= 0.3 is 12.1 Å². The molecule has 1 fully saturated rings. The monoisotopic (exact) mass is 295 g/mol. The van der Waals surface area contributed by atoms with Crippen LogP contribution in [-0.2, 0) is 22.1 Å². The molecule has 0 bridgehead atoms. The predicted molar refractivity (Wildman–Crippen MR) is 74.6 cm³/mol. The van der Waals surface area contributed by atoms with Gasteiger partial charge in [-0.15, -0.1) is 0 Å². The van der Waals surface area contributed by atoms with Gasteiger partial charge in [0.05, 0.1) is 29.7 Å². The number of nitrogens with one attached hydrogen (secondary N) is 1. The average molecular weight is 295 g/mol. The molecule has 2 N–H and O–H groups in total. The van der Waals surface area contributed by atoms with Crippen LogP contribution in [0.15, 0.2) is 12.5 Å². The molecule has 2 rings (SSSR count). The number of rotatable bonds is 3. The number of hydrogen-bond acceptors (Lipinski definition) is 4. The van der Waals surface area contributed by atoms with E-state index in [0.717, 1.165) is 5.69 Å². The van der Waals surface area contributed by atoms with Gasteiger partial charge < -0.3 is 19.7 Å². The first-order valence-electron chi connectivity index (χ1n) is 6.84. The van der Waals surface area contributed by atoms with Gasteiger partial charge in [-0.25, -0.2) is 9.78 Å². The Bertz CT molecular complexity index is 553. The summed E-state index contributed by atoms with van der Waals surface area (Å²) >= 11 is 0. The van der Waals surface area contributed by atoms with Crippen LogP contribution in [0.2, 0.25) is 0 Å². The third-order valence-corrected chi connectivity index (χ3v) is 3.59. The highest BCUT2D eigenvalue weighted by atomic mass is 16.6. The van der Waals surface area contributed by atoms with Crippen molar-refractivity contribution >= 4 is 12.1 Å². The summed E-state index contributed by atoms with van der Waals surface area (Å²) < 4.78 is 7.06. The number of aryl methyl sites for hydroxylation is 1. The summed E-state index contributed by atoms with van der Waals surface area (Å²) in [7, 11) is 1.81. The van der Waals surface area contributed by atoms with Crippen molar-refractivity contribution in [2.75, 3.05) is 0 Å². The molecule has 0 radical (unpaired) electrons. The van der Waals surface area contributed by atoms with Crippen LogP contribution in [-0.4, -0.2) is 32.3 Å². The van der Waals surface area contributed by atoms with Crippen molar-refractivity contribution in [3.63, 3.8) is 0 Å². The molecular formula is C14H21N3O4. The summed E-state index contributed by atoms with van der Waals surface area (Å²) in [6.07, 6.45) is 3.40. The summed E-state index contributed by atoms with van der Waals surface area (Å²) in [6.45, 7) is 5.35. The predicted octanol–water partition coefficient (Wildman–Crippen LogP) is 1.63. The maximum atomic E-state index is 12.0. The van der Waals surface area contributed by atoms with E-state index in [9.17, 15) is 9.59 Å². The molecule has 7 heteroatoms. The number of carboxylic acids is 1. The Labute approximate surface area is 123 Å². The number of amides is 1. The van der Waals surface area contributed by atoms with E-state index in [2.05, 4.69) is 10.3 Å². The van der Waals surface area contributed by atoms with Gasteiger partial charge in [0.25, 0.3) is 0 Å². The Morgan fingerprint density at radius 1 is 1.48 bits per heavy atom. The molecule has 0 atom stereocenters. The molecule has 1 aromatic heterocycles. The smallest absolute Gasteiger partial charge is 0.408 e. The highest BCUT2D eigenvalue weighted by Gasteiger charge is 2.51. The molecular weight excluding hydrogens is 274 g/mol. The highest BCUT2D eigenvalue weighted by molar-refractivity contribution is 5.74. The van der Waals surface area contributed by atoms with Crippen molar-refractivity contribution in [2.24, 2.45) is 13.0 Å². The number of carbonyl (C=O) groups excluding carboxylic acids is 1. The molecule has 0 saturated heterocycles. The van der Waals surface area contributed by atoms with Crippen LogP contribution in [0.25, 0.3) is 0 Å². The van der Waals surface area contributed by atoms with E-state index < -0.39 is 29.1 Å². The van der Waals surface area contributed by atoms with Crippen LogP contribution in [0, 0.1) is 5.92 Å². The summed E-state index contributed by atoms with van der Waals surface area (Å²) in [6, 6.07) is 0. The van der Waals surface area contributed by atoms with Crippen LogP contribution in [0.1, 0.15) is 39.3 Å². The van der Waals surface area contributed by atoms with Gasteiger partial charge in [-0.3, -0.25) is 4.79 Å². The Kier molecular flexibility index (Phi) is 3.69. The molecule has 7 nitrogen and oxygen atoms in total. The second kappa shape index (κ2) is 5.05. The van der Waals surface area contributed by atoms with Crippen molar-refractivity contribution < 1.29 is 19.4 Å². The molecule has 1 aliphatic carbocycles. The van der Waals surface area contributed by atoms with Crippen molar-refractivity contribution in [1.29, 1.82) is 0 Å². The fourth-order valence-electron chi connectivity index (χ4n) is 2.65. The number of aliphatic carboxylic acids is 1. The molecule has 1 amide bonds. The molecule has 0 spiro atoms. The lowest BCUT2D eigenvalue weighted by molar-refractivity contribution is -0.148. The third kappa shape index (κ3) is 3.17. The summed E-state index contributed by atoms with van der Waals surface area (Å²) in [5.74, 6) is -1.31. The molecule has 1 aliphatic rings. The van der Waals surface area contributed by atoms with E-state index in [-0.39, 0.29) is 0 Å². The van der Waals surface area contributed by atoms with Gasteiger partial charge in [0.15, 0.2) is 0 Å². The minimum atomic E-state index is -0.848. The fraction of sp³-hybridized carbons (Fsp3) is 0.643. The Morgan fingerprint density at radius 2 is 2.10 bits per heavy atom. The van der Waals surface area contributed by atoms with Crippen molar-refractivity contribution in [2.45, 2.75) is 44.8 Å². The molecule has 116 valence electrons. The fourth-order valence-corrected chi connectivity index (χ4v) is 2.65. The molecule has 21 heavy (non-hydrogen) atoms. The van der Waals surface area contributed by atoms with Crippen molar-refractivity contribution in [3.05, 3.63) is 18.2 Å². The topological polar surface area (TPSA) is 93.5 Å². The van der Waals surface area contributed by atoms with E-state index in [0.29, 0.717) is 12.8 Å². The van der Waals surface area contributed by atoms with E-state index in [1.165, 1.54) is 0 Å². The van der Waals surface area contributed by atoms with Gasteiger partial charge in [-0.05, 0) is 33.6 Å². The first-order valence-corrected chi connectivity index (χ1v) is 6.84. The van der Waals surface area contributed by atoms with Crippen molar-refractivity contribution in [1.82, 2.24) is 14.9 Å². The number of imidazole rings is 1. The quantitative estimate of drug-likeness (QED) is 0.884. The first-order chi connectivity index (χ1) is 9.63. The van der Waals surface area contributed by atoms with E-state index in [4.69, 9.17) is 9.84 Å². The number of carboxylic acid groups (broad SMARTS) is 1. The molecule has 1 heterocycles. The minimum absolute atomic E-state index is 0.334. The molecule has 1 aromatic rings. The van der Waals surface area contributed by atoms with E-state index >= 15 is 0 Å². The van der Waals surface area contributed by atoms with Gasteiger partial charge in [-0.2, -0.15) is 0 Å². The van der Waals surface area contributed by atoms with Gasteiger partial charge in [0.1, 0.15) is 5.60 Å². The zero-order chi connectivity index (χ0) is 15.8. The Balaban J connectivity index is 2.18. The SMILES string of the molecule is Cn1cncc1C1(NC(=O)OC(C)(C)C)CC(C(=O)O)C1. The van der Waals surface area contributed by atoms with Crippen molar-refractivity contribution in [3.8, 4) is 0 Å². The number of aromatic nitrogens is 2. The van der Waals surface area contributed by atoms with Gasteiger partial charge in [0.2, 0.25) is 0 Å². The van der Waals surface area contributed by atoms with Gasteiger partial charge in [0, 0.05) is 7.05 Å². The standard InChI is InChI=1S/C14H21N3O4/c1-13(2,3)21-12(20)16-14(5-9(6-14)11(18)19)10-7-15-8-17(10)4/h7-9H,5-6H2,1-4H3,(H,16,20)(H,18,19). The zero-order valence-electron chi connectivity index (χ0n) is 12.7. The molecule has 1 saturated carbocycles. The molecule has 0 unspecified atom stereocenters. The summed E-state index contributed by atoms with van der Waals surface area (Å²) in [4.78, 5) is 27.2. The average Bonchev–Trinajstić information content (AvgIpc) is 2.66. The van der Waals surface area contributed by atoms with Crippen LogP contribution in [0.3, 0.4) is 0 Å². The minimum Gasteiger partial charge on any atom is -0.481 e. The first kappa shape index (κ1) is 15.3. The lowest BCUT2D eigenvalue weighted by Crippen LogP contribution is -2.57. The molecule has 0 aromatic carbocycles. The summed E-state index contributed by atoms with van der Waals surface area (Å²) in [5.41, 5.74) is -0.546. The lowest BCUT2D eigenvalue weighted by Gasteiger charge is -2.46. The zero-order valence-corrected chi connectivity index (χ0v) is 12.7. The summed E-state index contributed by atoms with van der Waals surface area (Å²) in [5, 5.41) is 11.9. The van der Waals surface area contributed by atoms with Crippen LogP contribution in [0.5, 0.6) is 0 Å². The Hall–Kier alpha value is -2.05. The molecule has 0 aliphatic heterocycles. The third-order valence-electron chi connectivity index (χ3n) is 3.59. The lowest BCUT2D eigenvalue weighted by atomic mass is 9.66. The number of hydrogen-bond donors (Lipinski definition) is 2. The largest absolute Gasteiger partial charge is 0.481 e. The number of nitrogens with zero attached hydrogens (tertiary/aromatic N) is 2. The maximum absolute atomic E-state index is 12.0. The maximum Gasteiger partial charge on any atom is 0.408 e. The number of ether oxygens (including phenoxy) is 1. The highest BCUT2D eigenvalue weighted by Crippen LogP contribution is 2.45. The van der Waals surface area contributed by atoms with Gasteiger partial charge in [-0.1, -0.05) is 0 Å². The second-order valence-corrected chi connectivity index (χ2v) is 6.54. The van der Waals surface area contributed by atoms with E-state index in [1.54, 1.807) is 37.9 Å². The second-order valence-electron chi connectivity index (χ2n) is 6.54.